The van der Waals surface area contributed by atoms with E-state index in [9.17, 15) is 4.79 Å². The molecule has 0 bridgehead atoms. The average Bonchev–Trinajstić information content (AvgIpc) is 2.45. The maximum Gasteiger partial charge on any atom is 0.223 e. The van der Waals surface area contributed by atoms with Gasteiger partial charge in [-0.1, -0.05) is 37.3 Å². The number of hydrogen-bond donors (Lipinski definition) is 1. The lowest BCUT2D eigenvalue weighted by atomic mass is 9.88. The molecule has 2 aromatic rings. The van der Waals surface area contributed by atoms with Gasteiger partial charge in [-0.2, -0.15) is 0 Å². The number of carbonyl (C=O) groups is 1. The van der Waals surface area contributed by atoms with Gasteiger partial charge >= 0.3 is 0 Å². The molecular weight excluding hydrogens is 250 g/mol. The molecule has 1 N–H and O–H groups in total. The van der Waals surface area contributed by atoms with Crippen LogP contribution >= 0.6 is 0 Å². The van der Waals surface area contributed by atoms with Crippen LogP contribution in [0.2, 0.25) is 0 Å². The second kappa shape index (κ2) is 5.41. The van der Waals surface area contributed by atoms with E-state index in [1.54, 1.807) is 6.20 Å². The zero-order chi connectivity index (χ0) is 13.9. The first-order chi connectivity index (χ1) is 9.72. The van der Waals surface area contributed by atoms with Crippen molar-refractivity contribution in [3.63, 3.8) is 0 Å². The number of carbonyl (C=O) groups excluding carboxylic acids is 1. The van der Waals surface area contributed by atoms with Gasteiger partial charge in [-0.15, -0.1) is 0 Å². The summed E-state index contributed by atoms with van der Waals surface area (Å²) in [5, 5.41) is 3.21. The molecule has 1 aromatic carbocycles. The molecule has 0 unspecified atom stereocenters. The maximum absolute atomic E-state index is 11.9. The Hall–Kier alpha value is -2.23. The molecule has 1 aromatic heterocycles. The van der Waals surface area contributed by atoms with Crippen LogP contribution in [0, 0.1) is 5.92 Å². The largest absolute Gasteiger partial charge is 0.350 e. The Kier molecular flexibility index (Phi) is 3.46. The van der Waals surface area contributed by atoms with Crippen LogP contribution < -0.4 is 5.32 Å². The highest BCUT2D eigenvalue weighted by Gasteiger charge is 2.24. The van der Waals surface area contributed by atoms with E-state index in [0.29, 0.717) is 30.4 Å². The fraction of sp³-hybridized carbons (Fsp3) is 0.312. The van der Waals surface area contributed by atoms with E-state index in [1.807, 2.05) is 18.2 Å². The lowest BCUT2D eigenvalue weighted by Crippen LogP contribution is -2.20. The normalized spacial score (nSPS) is 17.6. The van der Waals surface area contributed by atoms with Crippen LogP contribution in [0.4, 0.5) is 5.95 Å². The Bertz CT molecular complexity index is 625. The molecule has 1 heterocycles. The van der Waals surface area contributed by atoms with E-state index in [-0.39, 0.29) is 5.78 Å². The van der Waals surface area contributed by atoms with Crippen molar-refractivity contribution < 1.29 is 4.79 Å². The predicted octanol–water partition coefficient (Wildman–Crippen LogP) is 2.85. The number of nitrogens with one attached hydrogen (secondary N) is 1. The van der Waals surface area contributed by atoms with Gasteiger partial charge in [0.15, 0.2) is 5.78 Å². The van der Waals surface area contributed by atoms with Crippen LogP contribution in [0.25, 0.3) is 0 Å². The van der Waals surface area contributed by atoms with E-state index in [0.717, 1.165) is 12.1 Å². The number of fused-ring (bicyclic) bond motifs is 1. The number of benzene rings is 1. The summed E-state index contributed by atoms with van der Waals surface area (Å²) >= 11 is 0. The van der Waals surface area contributed by atoms with E-state index in [1.165, 1.54) is 5.56 Å². The van der Waals surface area contributed by atoms with Gasteiger partial charge < -0.3 is 5.32 Å². The zero-order valence-electron chi connectivity index (χ0n) is 11.5. The van der Waals surface area contributed by atoms with Gasteiger partial charge in [0.2, 0.25) is 5.95 Å². The maximum atomic E-state index is 11.9. The lowest BCUT2D eigenvalue weighted by molar-refractivity contribution is 0.0951. The van der Waals surface area contributed by atoms with Crippen molar-refractivity contribution in [3.05, 3.63) is 53.3 Å². The average molecular weight is 267 g/mol. The number of anilines is 1. The first-order valence-electron chi connectivity index (χ1n) is 6.89. The van der Waals surface area contributed by atoms with Gasteiger partial charge in [-0.3, -0.25) is 4.79 Å². The Labute approximate surface area is 118 Å². The fourth-order valence-corrected chi connectivity index (χ4v) is 2.50. The summed E-state index contributed by atoms with van der Waals surface area (Å²) in [6, 6.07) is 10.1. The molecule has 0 radical (unpaired) electrons. The molecule has 0 fully saturated rings. The van der Waals surface area contributed by atoms with Crippen LogP contribution in [-0.4, -0.2) is 15.8 Å². The number of nitrogens with zero attached hydrogens (tertiary/aromatic N) is 2. The Morgan fingerprint density at radius 3 is 2.85 bits per heavy atom. The molecule has 0 amide bonds. The van der Waals surface area contributed by atoms with Crippen molar-refractivity contribution in [3.8, 4) is 0 Å². The van der Waals surface area contributed by atoms with Crippen LogP contribution in [0.15, 0.2) is 36.5 Å². The predicted molar refractivity (Wildman–Crippen MR) is 77.6 cm³/mol. The number of Topliss-reactive ketones (excluding diaryl/α,β-unsaturated/α-hetero) is 1. The first kappa shape index (κ1) is 12.8. The van der Waals surface area contributed by atoms with Crippen molar-refractivity contribution in [1.82, 2.24) is 9.97 Å². The van der Waals surface area contributed by atoms with Crippen LogP contribution in [-0.2, 0) is 13.0 Å². The second-order valence-electron chi connectivity index (χ2n) is 5.33. The SMILES string of the molecule is C[C@H]1CC(=O)c2cnc(NCc3ccccc3)nc2C1. The summed E-state index contributed by atoms with van der Waals surface area (Å²) in [4.78, 5) is 20.6. The minimum absolute atomic E-state index is 0.161. The number of rotatable bonds is 3. The smallest absolute Gasteiger partial charge is 0.223 e. The van der Waals surface area contributed by atoms with Gasteiger partial charge in [-0.05, 0) is 17.9 Å². The van der Waals surface area contributed by atoms with Gasteiger partial charge in [0.1, 0.15) is 0 Å². The molecule has 1 aliphatic carbocycles. The quantitative estimate of drug-likeness (QED) is 0.929. The van der Waals surface area contributed by atoms with E-state index in [2.05, 4.69) is 34.3 Å². The van der Waals surface area contributed by atoms with Crippen LogP contribution in [0.1, 0.15) is 35.0 Å². The second-order valence-corrected chi connectivity index (χ2v) is 5.33. The molecule has 0 saturated heterocycles. The molecule has 0 spiro atoms. The molecule has 20 heavy (non-hydrogen) atoms. The monoisotopic (exact) mass is 267 g/mol. The third-order valence-corrected chi connectivity index (χ3v) is 3.54. The molecular formula is C16H17N3O. The topological polar surface area (TPSA) is 54.9 Å². The summed E-state index contributed by atoms with van der Waals surface area (Å²) in [5.41, 5.74) is 2.74. The van der Waals surface area contributed by atoms with Crippen molar-refractivity contribution in [2.45, 2.75) is 26.3 Å². The molecule has 0 aliphatic heterocycles. The van der Waals surface area contributed by atoms with Crippen molar-refractivity contribution in [2.75, 3.05) is 5.32 Å². The third kappa shape index (κ3) is 2.69. The van der Waals surface area contributed by atoms with E-state index in [4.69, 9.17) is 0 Å². The summed E-state index contributed by atoms with van der Waals surface area (Å²) in [5.74, 6) is 1.12. The summed E-state index contributed by atoms with van der Waals surface area (Å²) < 4.78 is 0. The standard InChI is InChI=1S/C16H17N3O/c1-11-7-14-13(15(20)8-11)10-18-16(19-14)17-9-12-5-3-2-4-6-12/h2-6,10-11H,7-9H2,1H3,(H,17,18,19)/t11-/m1/s1. The van der Waals surface area contributed by atoms with Gasteiger partial charge in [-0.25, -0.2) is 9.97 Å². The number of ketones is 1. The number of hydrogen-bond acceptors (Lipinski definition) is 4. The van der Waals surface area contributed by atoms with Crippen molar-refractivity contribution in [2.24, 2.45) is 5.92 Å². The fourth-order valence-electron chi connectivity index (χ4n) is 2.50. The molecule has 1 aliphatic rings. The van der Waals surface area contributed by atoms with Gasteiger partial charge in [0.05, 0.1) is 11.3 Å². The van der Waals surface area contributed by atoms with E-state index < -0.39 is 0 Å². The van der Waals surface area contributed by atoms with Gasteiger partial charge in [0.25, 0.3) is 0 Å². The zero-order valence-corrected chi connectivity index (χ0v) is 11.5. The summed E-state index contributed by atoms with van der Waals surface area (Å²) in [6.45, 7) is 2.77. The first-order valence-corrected chi connectivity index (χ1v) is 6.89. The molecule has 4 nitrogen and oxygen atoms in total. The lowest BCUT2D eigenvalue weighted by Gasteiger charge is -2.19. The number of aromatic nitrogens is 2. The Balaban J connectivity index is 1.75. The molecule has 102 valence electrons. The molecule has 1 atom stereocenters. The van der Waals surface area contributed by atoms with Crippen molar-refractivity contribution >= 4 is 11.7 Å². The Morgan fingerprint density at radius 2 is 2.05 bits per heavy atom. The highest BCUT2D eigenvalue weighted by Crippen LogP contribution is 2.24. The van der Waals surface area contributed by atoms with E-state index >= 15 is 0 Å². The summed E-state index contributed by atoms with van der Waals surface area (Å²) in [6.07, 6.45) is 3.11. The Morgan fingerprint density at radius 1 is 1.25 bits per heavy atom. The minimum atomic E-state index is 0.161. The summed E-state index contributed by atoms with van der Waals surface area (Å²) in [7, 11) is 0. The van der Waals surface area contributed by atoms with Crippen molar-refractivity contribution in [1.29, 1.82) is 0 Å². The highest BCUT2D eigenvalue weighted by molar-refractivity contribution is 5.98. The molecule has 0 saturated carbocycles. The third-order valence-electron chi connectivity index (χ3n) is 3.54. The molecule has 4 heteroatoms. The van der Waals surface area contributed by atoms with Crippen LogP contribution in [0.3, 0.4) is 0 Å². The molecule has 3 rings (SSSR count). The minimum Gasteiger partial charge on any atom is -0.350 e. The van der Waals surface area contributed by atoms with Gasteiger partial charge in [0, 0.05) is 19.2 Å². The highest BCUT2D eigenvalue weighted by atomic mass is 16.1. The van der Waals surface area contributed by atoms with Crippen LogP contribution in [0.5, 0.6) is 0 Å².